The number of carboxylic acids is 1. The summed E-state index contributed by atoms with van der Waals surface area (Å²) >= 11 is 5.46. The van der Waals surface area contributed by atoms with Crippen molar-refractivity contribution in [3.63, 3.8) is 0 Å². The van der Waals surface area contributed by atoms with Crippen LogP contribution in [0.25, 0.3) is 0 Å². The minimum atomic E-state index is -4.01. The van der Waals surface area contributed by atoms with Crippen molar-refractivity contribution in [1.29, 1.82) is 0 Å². The summed E-state index contributed by atoms with van der Waals surface area (Å²) in [6.07, 6.45) is 0. The van der Waals surface area contributed by atoms with Crippen LogP contribution in [0, 0.1) is 13.8 Å². The Balaban J connectivity index is 3.32. The van der Waals surface area contributed by atoms with Crippen LogP contribution < -0.4 is 4.72 Å². The molecule has 0 saturated heterocycles. The van der Waals surface area contributed by atoms with Crippen molar-refractivity contribution in [2.45, 2.75) is 18.7 Å². The molecule has 1 rings (SSSR count). The first-order valence-electron chi connectivity index (χ1n) is 4.83. The van der Waals surface area contributed by atoms with Gasteiger partial charge in [0.2, 0.25) is 10.0 Å². The number of hydrogen-bond acceptors (Lipinski definition) is 4. The van der Waals surface area contributed by atoms with Gasteiger partial charge >= 0.3 is 5.97 Å². The van der Waals surface area contributed by atoms with Crippen LogP contribution in [0.5, 0.6) is 0 Å². The summed E-state index contributed by atoms with van der Waals surface area (Å²) in [4.78, 5) is 10.7. The lowest BCUT2D eigenvalue weighted by Gasteiger charge is -2.05. The largest absolute Gasteiger partial charge is 0.478 e. The van der Waals surface area contributed by atoms with Gasteiger partial charge in [-0.15, -0.1) is 0 Å². The molecule has 0 unspecified atom stereocenters. The van der Waals surface area contributed by atoms with Crippen LogP contribution in [-0.4, -0.2) is 26.0 Å². The van der Waals surface area contributed by atoms with Crippen molar-refractivity contribution >= 4 is 27.6 Å². The van der Waals surface area contributed by atoms with Gasteiger partial charge in [0.15, 0.2) is 0 Å². The zero-order chi connectivity index (χ0) is 14.1. The second kappa shape index (κ2) is 5.13. The second-order valence-electron chi connectivity index (χ2n) is 3.57. The van der Waals surface area contributed by atoms with Crippen molar-refractivity contribution < 1.29 is 22.7 Å². The molecule has 8 heteroatoms. The topological polar surface area (TPSA) is 96.6 Å². The van der Waals surface area contributed by atoms with Gasteiger partial charge in [0.25, 0.3) is 0 Å². The fourth-order valence-electron chi connectivity index (χ4n) is 1.48. The number of furan rings is 1. The van der Waals surface area contributed by atoms with E-state index in [-0.39, 0.29) is 33.6 Å². The first kappa shape index (κ1) is 14.7. The van der Waals surface area contributed by atoms with Gasteiger partial charge in [-0.05, 0) is 13.8 Å². The minimum absolute atomic E-state index is 0.0117. The highest BCUT2D eigenvalue weighted by Gasteiger charge is 2.30. The summed E-state index contributed by atoms with van der Waals surface area (Å²) in [7, 11) is -4.01. The highest BCUT2D eigenvalue weighted by atomic mass is 35.5. The van der Waals surface area contributed by atoms with E-state index in [1.807, 2.05) is 0 Å². The highest BCUT2D eigenvalue weighted by Crippen LogP contribution is 2.26. The number of aromatic carboxylic acids is 1. The molecule has 0 fully saturated rings. The van der Waals surface area contributed by atoms with Crippen LogP contribution in [0.3, 0.4) is 0 Å². The third-order valence-corrected chi connectivity index (χ3v) is 3.83. The smallest absolute Gasteiger partial charge is 0.340 e. The molecular formula is C10H12ClNO5S. The maximum atomic E-state index is 12.0. The lowest BCUT2D eigenvalue weighted by atomic mass is 10.2. The Morgan fingerprint density at radius 3 is 2.44 bits per heavy atom. The second-order valence-corrected chi connectivity index (χ2v) is 5.80. The molecule has 100 valence electrons. The molecule has 0 radical (unpaired) electrons. The molecule has 0 amide bonds. The number of nitrogens with one attached hydrogen (secondary N) is 1. The normalized spacial score (nSPS) is 11.5. The summed E-state index contributed by atoms with van der Waals surface area (Å²) in [6, 6.07) is 0. The predicted octanol–water partition coefficient (Wildman–Crippen LogP) is 1.63. The van der Waals surface area contributed by atoms with E-state index >= 15 is 0 Å². The zero-order valence-corrected chi connectivity index (χ0v) is 11.4. The van der Waals surface area contributed by atoms with Gasteiger partial charge in [-0.2, -0.15) is 0 Å². The maximum absolute atomic E-state index is 12.0. The van der Waals surface area contributed by atoms with Crippen molar-refractivity contribution in [1.82, 2.24) is 4.72 Å². The molecule has 0 bridgehead atoms. The molecule has 1 heterocycles. The fourth-order valence-corrected chi connectivity index (χ4v) is 3.05. The van der Waals surface area contributed by atoms with Gasteiger partial charge in [0.05, 0.1) is 0 Å². The molecule has 0 aliphatic rings. The predicted molar refractivity (Wildman–Crippen MR) is 65.3 cm³/mol. The Hall–Kier alpha value is -1.31. The molecular weight excluding hydrogens is 282 g/mol. The van der Waals surface area contributed by atoms with E-state index in [4.69, 9.17) is 21.1 Å². The number of sulfonamides is 1. The van der Waals surface area contributed by atoms with Crippen molar-refractivity contribution in [3.05, 3.63) is 28.7 Å². The van der Waals surface area contributed by atoms with Crippen LogP contribution in [0.2, 0.25) is 0 Å². The average molecular weight is 294 g/mol. The van der Waals surface area contributed by atoms with E-state index in [1.165, 1.54) is 13.8 Å². The standard InChI is InChI=1S/C10H12ClNO5S/c1-5(11)4-12-18(15,16)9-7(3)17-6(2)8(9)10(13)14/h12H,1,4H2,2-3H3,(H,13,14). The van der Waals surface area contributed by atoms with E-state index in [2.05, 4.69) is 11.3 Å². The molecule has 0 aliphatic heterocycles. The molecule has 6 nitrogen and oxygen atoms in total. The molecule has 0 saturated carbocycles. The molecule has 18 heavy (non-hydrogen) atoms. The van der Waals surface area contributed by atoms with Crippen LogP contribution in [0.4, 0.5) is 0 Å². The van der Waals surface area contributed by atoms with Gasteiger partial charge in [0.1, 0.15) is 22.0 Å². The first-order valence-corrected chi connectivity index (χ1v) is 6.69. The quantitative estimate of drug-likeness (QED) is 0.860. The lowest BCUT2D eigenvalue weighted by molar-refractivity contribution is 0.0691. The number of rotatable bonds is 5. The summed E-state index contributed by atoms with van der Waals surface area (Å²) < 4.78 is 31.1. The minimum Gasteiger partial charge on any atom is -0.478 e. The van der Waals surface area contributed by atoms with Crippen molar-refractivity contribution in [2.24, 2.45) is 0 Å². The third kappa shape index (κ3) is 2.92. The molecule has 1 aromatic rings. The van der Waals surface area contributed by atoms with Crippen LogP contribution in [0.1, 0.15) is 21.9 Å². The molecule has 0 spiro atoms. The number of carbonyl (C=O) groups is 1. The summed E-state index contributed by atoms with van der Waals surface area (Å²) in [5.41, 5.74) is -0.375. The van der Waals surface area contributed by atoms with Crippen LogP contribution in [-0.2, 0) is 10.0 Å². The Morgan fingerprint density at radius 2 is 2.00 bits per heavy atom. The summed E-state index contributed by atoms with van der Waals surface area (Å²) in [5, 5.41) is 9.10. The average Bonchev–Trinajstić information content (AvgIpc) is 2.51. The van der Waals surface area contributed by atoms with Crippen LogP contribution >= 0.6 is 11.6 Å². The Labute approximate surface area is 109 Å². The number of aryl methyl sites for hydroxylation is 2. The van der Waals surface area contributed by atoms with Gasteiger partial charge in [-0.3, -0.25) is 0 Å². The van der Waals surface area contributed by atoms with E-state index in [9.17, 15) is 13.2 Å². The van der Waals surface area contributed by atoms with Gasteiger partial charge in [-0.1, -0.05) is 18.2 Å². The summed E-state index contributed by atoms with van der Waals surface area (Å²) in [6.45, 7) is 5.91. The van der Waals surface area contributed by atoms with Crippen LogP contribution in [0.15, 0.2) is 20.9 Å². The van der Waals surface area contributed by atoms with Crippen molar-refractivity contribution in [3.8, 4) is 0 Å². The molecule has 2 N–H and O–H groups in total. The maximum Gasteiger partial charge on any atom is 0.340 e. The van der Waals surface area contributed by atoms with E-state index in [0.717, 1.165) is 0 Å². The zero-order valence-electron chi connectivity index (χ0n) is 9.78. The van der Waals surface area contributed by atoms with Gasteiger partial charge in [-0.25, -0.2) is 17.9 Å². The SMILES string of the molecule is C=C(Cl)CNS(=O)(=O)c1c(C)oc(C)c1C(=O)O. The molecule has 0 aliphatic carbocycles. The fraction of sp³-hybridized carbons (Fsp3) is 0.300. The van der Waals surface area contributed by atoms with E-state index < -0.39 is 16.0 Å². The number of carboxylic acid groups (broad SMARTS) is 1. The monoisotopic (exact) mass is 293 g/mol. The van der Waals surface area contributed by atoms with Crippen molar-refractivity contribution in [2.75, 3.05) is 6.54 Å². The molecule has 0 atom stereocenters. The highest BCUT2D eigenvalue weighted by molar-refractivity contribution is 7.89. The Morgan fingerprint density at radius 1 is 1.44 bits per heavy atom. The van der Waals surface area contributed by atoms with Gasteiger partial charge < -0.3 is 9.52 Å². The van der Waals surface area contributed by atoms with E-state index in [0.29, 0.717) is 0 Å². The Bertz CT molecular complexity index is 602. The first-order chi connectivity index (χ1) is 8.16. The molecule has 0 aromatic carbocycles. The third-order valence-electron chi connectivity index (χ3n) is 2.14. The summed E-state index contributed by atoms with van der Waals surface area (Å²) in [5.74, 6) is -1.32. The molecule has 1 aromatic heterocycles. The van der Waals surface area contributed by atoms with E-state index in [1.54, 1.807) is 0 Å². The Kier molecular flexibility index (Phi) is 4.20. The lowest BCUT2D eigenvalue weighted by Crippen LogP contribution is -2.26. The number of halogens is 1. The van der Waals surface area contributed by atoms with Gasteiger partial charge in [0, 0.05) is 11.6 Å². The number of hydrogen-bond donors (Lipinski definition) is 2.